The second-order valence-corrected chi connectivity index (χ2v) is 11.1. The predicted octanol–water partition coefficient (Wildman–Crippen LogP) is 2.48. The number of ether oxygens (including phenoxy) is 2. The monoisotopic (exact) mass is 501 g/mol. The largest absolute Gasteiger partial charge is 0.494 e. The Hall–Kier alpha value is -2.65. The van der Waals surface area contributed by atoms with Gasteiger partial charge in [-0.05, 0) is 77.6 Å². The van der Waals surface area contributed by atoms with E-state index in [0.717, 1.165) is 0 Å². The average molecular weight is 502 g/mol. The van der Waals surface area contributed by atoms with Gasteiger partial charge in [-0.15, -0.1) is 0 Å². The minimum atomic E-state index is -1.07. The van der Waals surface area contributed by atoms with Crippen LogP contribution in [0.4, 0.5) is 5.69 Å². The molecule has 3 heterocycles. The van der Waals surface area contributed by atoms with E-state index in [4.69, 9.17) is 9.47 Å². The number of benzene rings is 1. The molecule has 5 atom stereocenters. The lowest BCUT2D eigenvalue weighted by molar-refractivity contribution is -0.147. The maximum absolute atomic E-state index is 13.9. The predicted molar refractivity (Wildman–Crippen MR) is 134 cm³/mol. The summed E-state index contributed by atoms with van der Waals surface area (Å²) >= 11 is 0. The SMILES string of the molecule is CCOc1ccc(NC(=O)[C@H]2[C@H]3C(=O)N(CCCO)C(C(=O)NC(C)(C)C)C34CC[C@]2(CC)O4)cc1. The van der Waals surface area contributed by atoms with Gasteiger partial charge in [-0.1, -0.05) is 6.92 Å². The first-order valence-corrected chi connectivity index (χ1v) is 13.0. The van der Waals surface area contributed by atoms with Crippen molar-refractivity contribution in [3.05, 3.63) is 24.3 Å². The minimum absolute atomic E-state index is 0.101. The lowest BCUT2D eigenvalue weighted by Crippen LogP contribution is -2.58. The highest BCUT2D eigenvalue weighted by molar-refractivity contribution is 6.02. The molecule has 3 aliphatic heterocycles. The number of aliphatic hydroxyl groups excluding tert-OH is 1. The van der Waals surface area contributed by atoms with Crippen LogP contribution in [0.15, 0.2) is 24.3 Å². The Morgan fingerprint density at radius 2 is 1.86 bits per heavy atom. The number of hydrogen-bond acceptors (Lipinski definition) is 6. The summed E-state index contributed by atoms with van der Waals surface area (Å²) in [6.45, 7) is 10.2. The first-order valence-electron chi connectivity index (χ1n) is 13.0. The fourth-order valence-corrected chi connectivity index (χ4v) is 6.36. The lowest BCUT2D eigenvalue weighted by Gasteiger charge is -2.35. The van der Waals surface area contributed by atoms with Gasteiger partial charge in [0, 0.05) is 24.4 Å². The van der Waals surface area contributed by atoms with Gasteiger partial charge < -0.3 is 30.1 Å². The van der Waals surface area contributed by atoms with Crippen LogP contribution in [0.5, 0.6) is 5.75 Å². The normalized spacial score (nSPS) is 30.9. The van der Waals surface area contributed by atoms with Crippen molar-refractivity contribution in [2.24, 2.45) is 11.8 Å². The Kier molecular flexibility index (Phi) is 7.09. The molecule has 36 heavy (non-hydrogen) atoms. The number of fused-ring (bicyclic) bond motifs is 1. The standard InChI is InChI=1S/C27H39N3O6/c1-6-26-13-14-27(36-26)20(19(26)22(32)28-17-9-11-18(12-10-17)35-7-2)24(34)30(15-8-16-31)21(27)23(33)29-25(3,4)5/h9-12,19-21,31H,6-8,13-16H2,1-5H3,(H,28,32)(H,29,33)/t19-,20+,21?,26+,27?/m1/s1. The maximum Gasteiger partial charge on any atom is 0.246 e. The van der Waals surface area contributed by atoms with Gasteiger partial charge in [0.15, 0.2) is 0 Å². The van der Waals surface area contributed by atoms with Crippen LogP contribution in [-0.2, 0) is 19.1 Å². The number of rotatable bonds is 9. The van der Waals surface area contributed by atoms with Crippen LogP contribution in [0, 0.1) is 11.8 Å². The van der Waals surface area contributed by atoms with Crippen LogP contribution in [0.1, 0.15) is 60.3 Å². The van der Waals surface area contributed by atoms with Crippen molar-refractivity contribution in [2.45, 2.75) is 83.1 Å². The Bertz CT molecular complexity index is 1010. The fraction of sp³-hybridized carbons (Fsp3) is 0.667. The van der Waals surface area contributed by atoms with E-state index in [1.807, 2.05) is 34.6 Å². The Balaban J connectivity index is 1.68. The van der Waals surface area contributed by atoms with E-state index in [1.54, 1.807) is 24.3 Å². The third kappa shape index (κ3) is 4.36. The summed E-state index contributed by atoms with van der Waals surface area (Å²) in [6.07, 6.45) is 2.03. The number of nitrogens with zero attached hydrogens (tertiary/aromatic N) is 1. The molecule has 0 aromatic heterocycles. The highest BCUT2D eigenvalue weighted by Crippen LogP contribution is 2.64. The van der Waals surface area contributed by atoms with Gasteiger partial charge in [0.1, 0.15) is 17.4 Å². The molecular weight excluding hydrogens is 462 g/mol. The zero-order chi connectivity index (χ0) is 26.3. The molecule has 0 aliphatic carbocycles. The highest BCUT2D eigenvalue weighted by atomic mass is 16.5. The third-order valence-electron chi connectivity index (χ3n) is 7.70. The van der Waals surface area contributed by atoms with E-state index in [1.165, 1.54) is 4.90 Å². The van der Waals surface area contributed by atoms with E-state index < -0.39 is 34.6 Å². The van der Waals surface area contributed by atoms with Gasteiger partial charge >= 0.3 is 0 Å². The molecule has 198 valence electrons. The van der Waals surface area contributed by atoms with Gasteiger partial charge in [0.05, 0.1) is 24.0 Å². The van der Waals surface area contributed by atoms with E-state index in [0.29, 0.717) is 43.7 Å². The summed E-state index contributed by atoms with van der Waals surface area (Å²) < 4.78 is 12.2. The molecule has 0 saturated carbocycles. The molecule has 2 unspecified atom stereocenters. The molecular formula is C27H39N3O6. The van der Waals surface area contributed by atoms with Crippen LogP contribution in [0.2, 0.25) is 0 Å². The minimum Gasteiger partial charge on any atom is -0.494 e. The van der Waals surface area contributed by atoms with Crippen LogP contribution >= 0.6 is 0 Å². The van der Waals surface area contributed by atoms with Crippen molar-refractivity contribution in [1.29, 1.82) is 0 Å². The molecule has 1 aromatic rings. The molecule has 3 aliphatic rings. The topological polar surface area (TPSA) is 117 Å². The average Bonchev–Trinajstić information content (AvgIpc) is 3.41. The van der Waals surface area contributed by atoms with Gasteiger partial charge in [0.25, 0.3) is 0 Å². The lowest BCUT2D eigenvalue weighted by atomic mass is 9.65. The number of nitrogens with one attached hydrogen (secondary N) is 2. The van der Waals surface area contributed by atoms with E-state index in [-0.39, 0.29) is 30.9 Å². The fourth-order valence-electron chi connectivity index (χ4n) is 6.36. The van der Waals surface area contributed by atoms with E-state index in [2.05, 4.69) is 10.6 Å². The van der Waals surface area contributed by atoms with Crippen molar-refractivity contribution in [2.75, 3.05) is 25.1 Å². The Morgan fingerprint density at radius 1 is 1.17 bits per heavy atom. The molecule has 1 aromatic carbocycles. The first-order chi connectivity index (χ1) is 17.0. The summed E-state index contributed by atoms with van der Waals surface area (Å²) in [4.78, 5) is 42.8. The van der Waals surface area contributed by atoms with Gasteiger partial charge in [0.2, 0.25) is 17.7 Å². The molecule has 3 saturated heterocycles. The van der Waals surface area contributed by atoms with Gasteiger partial charge in [-0.2, -0.15) is 0 Å². The van der Waals surface area contributed by atoms with Crippen LogP contribution < -0.4 is 15.4 Å². The van der Waals surface area contributed by atoms with Crippen molar-refractivity contribution in [1.82, 2.24) is 10.2 Å². The van der Waals surface area contributed by atoms with Gasteiger partial charge in [-0.25, -0.2) is 0 Å². The number of amides is 3. The number of aliphatic hydroxyl groups is 1. The van der Waals surface area contributed by atoms with Crippen LogP contribution in [0.25, 0.3) is 0 Å². The molecule has 3 N–H and O–H groups in total. The first kappa shape index (κ1) is 26.4. The quantitative estimate of drug-likeness (QED) is 0.479. The second kappa shape index (κ2) is 9.67. The van der Waals surface area contributed by atoms with Crippen LogP contribution in [-0.4, -0.2) is 70.3 Å². The third-order valence-corrected chi connectivity index (χ3v) is 7.70. The number of hydrogen-bond donors (Lipinski definition) is 3. The summed E-state index contributed by atoms with van der Waals surface area (Å²) in [5, 5.41) is 15.5. The van der Waals surface area contributed by atoms with E-state index in [9.17, 15) is 19.5 Å². The smallest absolute Gasteiger partial charge is 0.246 e. The molecule has 2 bridgehead atoms. The zero-order valence-electron chi connectivity index (χ0n) is 21.9. The molecule has 4 rings (SSSR count). The van der Waals surface area contributed by atoms with Gasteiger partial charge in [-0.3, -0.25) is 14.4 Å². The maximum atomic E-state index is 13.9. The summed E-state index contributed by atoms with van der Waals surface area (Å²) in [7, 11) is 0. The Labute approximate surface area is 212 Å². The molecule has 9 heteroatoms. The highest BCUT2D eigenvalue weighted by Gasteiger charge is 2.78. The molecule has 3 fully saturated rings. The molecule has 1 spiro atoms. The Morgan fingerprint density at radius 3 is 2.44 bits per heavy atom. The van der Waals surface area contributed by atoms with Crippen molar-refractivity contribution in [3.63, 3.8) is 0 Å². The van der Waals surface area contributed by atoms with Crippen molar-refractivity contribution in [3.8, 4) is 5.75 Å². The van der Waals surface area contributed by atoms with Crippen LogP contribution in [0.3, 0.4) is 0 Å². The molecule has 9 nitrogen and oxygen atoms in total. The summed E-state index contributed by atoms with van der Waals surface area (Å²) in [6, 6.07) is 6.27. The van der Waals surface area contributed by atoms with Crippen molar-refractivity contribution >= 4 is 23.4 Å². The van der Waals surface area contributed by atoms with Crippen molar-refractivity contribution < 1.29 is 29.0 Å². The number of carbonyl (C=O) groups excluding carboxylic acids is 3. The number of likely N-dealkylation sites (tertiary alicyclic amines) is 1. The molecule has 3 amide bonds. The second-order valence-electron chi connectivity index (χ2n) is 11.1. The number of carbonyl (C=O) groups is 3. The summed E-state index contributed by atoms with van der Waals surface area (Å²) in [5.41, 5.74) is -1.77. The van der Waals surface area contributed by atoms with E-state index >= 15 is 0 Å². The summed E-state index contributed by atoms with van der Waals surface area (Å²) in [5.74, 6) is -1.58. The molecule has 0 radical (unpaired) electrons. The zero-order valence-corrected chi connectivity index (χ0v) is 21.9. The number of anilines is 1.